The Balaban J connectivity index is 2.29. The molecule has 26 heavy (non-hydrogen) atoms. The van der Waals surface area contributed by atoms with Crippen molar-refractivity contribution in [1.29, 1.82) is 0 Å². The molecule has 5 nitrogen and oxygen atoms in total. The van der Waals surface area contributed by atoms with E-state index in [0.29, 0.717) is 18.0 Å². The van der Waals surface area contributed by atoms with Crippen molar-refractivity contribution in [2.45, 2.75) is 34.6 Å². The first-order chi connectivity index (χ1) is 12.3. The molecule has 0 bridgehead atoms. The zero-order valence-electron chi connectivity index (χ0n) is 16.3. The highest BCUT2D eigenvalue weighted by atomic mass is 32.1. The summed E-state index contributed by atoms with van der Waals surface area (Å²) in [4.78, 5) is 31.6. The van der Waals surface area contributed by atoms with E-state index < -0.39 is 0 Å². The van der Waals surface area contributed by atoms with Gasteiger partial charge in [-0.1, -0.05) is 30.7 Å². The van der Waals surface area contributed by atoms with Gasteiger partial charge in [0.1, 0.15) is 9.88 Å². The number of ether oxygens (including phenoxy) is 1. The van der Waals surface area contributed by atoms with Crippen LogP contribution in [0, 0.1) is 26.7 Å². The molecule has 2 aromatic rings. The topological polar surface area (TPSA) is 59.5 Å². The Kier molecular flexibility index (Phi) is 6.53. The van der Waals surface area contributed by atoms with E-state index in [4.69, 9.17) is 4.74 Å². The summed E-state index contributed by atoms with van der Waals surface area (Å²) in [5.41, 5.74) is 4.11. The second-order valence-corrected chi connectivity index (χ2v) is 7.52. The Morgan fingerprint density at radius 1 is 1.27 bits per heavy atom. The van der Waals surface area contributed by atoms with Crippen LogP contribution in [0.25, 0.3) is 10.6 Å². The summed E-state index contributed by atoms with van der Waals surface area (Å²) in [7, 11) is 1.36. The normalized spacial score (nSPS) is 11.9. The molecular weight excluding hydrogens is 348 g/mol. The fourth-order valence-electron chi connectivity index (χ4n) is 2.87. The predicted molar refractivity (Wildman–Crippen MR) is 105 cm³/mol. The lowest BCUT2D eigenvalue weighted by Crippen LogP contribution is -2.37. The second-order valence-electron chi connectivity index (χ2n) is 6.52. The second kappa shape index (κ2) is 8.45. The van der Waals surface area contributed by atoms with Crippen molar-refractivity contribution in [3.05, 3.63) is 39.9 Å². The van der Waals surface area contributed by atoms with Gasteiger partial charge in [-0.3, -0.25) is 9.59 Å². The van der Waals surface area contributed by atoms with E-state index in [1.807, 2.05) is 19.9 Å². The zero-order valence-corrected chi connectivity index (χ0v) is 17.1. The summed E-state index contributed by atoms with van der Waals surface area (Å²) < 4.78 is 4.76. The van der Waals surface area contributed by atoms with Gasteiger partial charge in [0.2, 0.25) is 0 Å². The number of nitrogens with zero attached hydrogens (tertiary/aromatic N) is 2. The number of methoxy groups -OCH3 is 1. The van der Waals surface area contributed by atoms with Crippen molar-refractivity contribution >= 4 is 23.2 Å². The van der Waals surface area contributed by atoms with Crippen LogP contribution in [0.3, 0.4) is 0 Å². The van der Waals surface area contributed by atoms with Crippen molar-refractivity contribution in [2.75, 3.05) is 20.2 Å². The molecule has 6 heteroatoms. The zero-order chi connectivity index (χ0) is 19.4. The molecule has 1 unspecified atom stereocenters. The van der Waals surface area contributed by atoms with Gasteiger partial charge in [-0.05, 0) is 33.3 Å². The molecule has 1 heterocycles. The number of amides is 1. The number of hydrogen-bond acceptors (Lipinski definition) is 5. The third kappa shape index (κ3) is 4.30. The standard InChI is InChI=1S/C20H26N2O3S/c1-7-22(11-14(4)20(24)25-6)19(23)17-15(5)21-18(26-17)16-9-8-12(2)10-13(16)3/h8-10,14H,7,11H2,1-6H3. The van der Waals surface area contributed by atoms with Crippen molar-refractivity contribution < 1.29 is 14.3 Å². The third-order valence-corrected chi connectivity index (χ3v) is 5.55. The van der Waals surface area contributed by atoms with Gasteiger partial charge in [-0.15, -0.1) is 11.3 Å². The van der Waals surface area contributed by atoms with Crippen molar-refractivity contribution in [1.82, 2.24) is 9.88 Å². The van der Waals surface area contributed by atoms with Crippen LogP contribution in [0.4, 0.5) is 0 Å². The molecule has 0 N–H and O–H groups in total. The molecule has 0 aliphatic carbocycles. The van der Waals surface area contributed by atoms with E-state index in [1.54, 1.807) is 11.8 Å². The lowest BCUT2D eigenvalue weighted by molar-refractivity contribution is -0.145. The number of carbonyl (C=O) groups is 2. The molecule has 1 amide bonds. The van der Waals surface area contributed by atoms with Crippen LogP contribution in [0.1, 0.15) is 40.3 Å². The predicted octanol–water partition coefficient (Wildman–Crippen LogP) is 4.01. The highest BCUT2D eigenvalue weighted by Gasteiger charge is 2.25. The van der Waals surface area contributed by atoms with Crippen LogP contribution in [-0.2, 0) is 9.53 Å². The number of hydrogen-bond donors (Lipinski definition) is 0. The maximum absolute atomic E-state index is 13.0. The van der Waals surface area contributed by atoms with Crippen LogP contribution in [0.2, 0.25) is 0 Å². The SMILES string of the molecule is CCN(CC(C)C(=O)OC)C(=O)c1sc(-c2ccc(C)cc2C)nc1C. The van der Waals surface area contributed by atoms with Crippen LogP contribution >= 0.6 is 11.3 Å². The van der Waals surface area contributed by atoms with Crippen LogP contribution in [0.15, 0.2) is 18.2 Å². The number of carbonyl (C=O) groups excluding carboxylic acids is 2. The molecule has 0 aliphatic heterocycles. The number of aromatic nitrogens is 1. The summed E-state index contributed by atoms with van der Waals surface area (Å²) in [6.07, 6.45) is 0. The van der Waals surface area contributed by atoms with Gasteiger partial charge in [-0.25, -0.2) is 4.98 Å². The van der Waals surface area contributed by atoms with E-state index in [0.717, 1.165) is 21.8 Å². The molecular formula is C20H26N2O3S. The lowest BCUT2D eigenvalue weighted by atomic mass is 10.1. The van der Waals surface area contributed by atoms with E-state index in [-0.39, 0.29) is 17.8 Å². The summed E-state index contributed by atoms with van der Waals surface area (Å²) >= 11 is 1.41. The molecule has 1 aromatic heterocycles. The lowest BCUT2D eigenvalue weighted by Gasteiger charge is -2.23. The number of aryl methyl sites for hydroxylation is 3. The average molecular weight is 375 g/mol. The van der Waals surface area contributed by atoms with Gasteiger partial charge < -0.3 is 9.64 Å². The Labute approximate surface area is 159 Å². The first-order valence-electron chi connectivity index (χ1n) is 8.70. The summed E-state index contributed by atoms with van der Waals surface area (Å²) in [5.74, 6) is -0.765. The maximum atomic E-state index is 13.0. The first kappa shape index (κ1) is 20.1. The maximum Gasteiger partial charge on any atom is 0.310 e. The highest BCUT2D eigenvalue weighted by molar-refractivity contribution is 7.17. The van der Waals surface area contributed by atoms with Gasteiger partial charge in [0.05, 0.1) is 18.7 Å². The highest BCUT2D eigenvalue weighted by Crippen LogP contribution is 2.31. The van der Waals surface area contributed by atoms with Crippen molar-refractivity contribution in [2.24, 2.45) is 5.92 Å². The average Bonchev–Trinajstić information content (AvgIpc) is 2.99. The van der Waals surface area contributed by atoms with E-state index >= 15 is 0 Å². The summed E-state index contributed by atoms with van der Waals surface area (Å²) in [5, 5.41) is 0.848. The molecule has 0 spiro atoms. The number of thiazole rings is 1. The third-order valence-electron chi connectivity index (χ3n) is 4.37. The van der Waals surface area contributed by atoms with Gasteiger partial charge in [-0.2, -0.15) is 0 Å². The van der Waals surface area contributed by atoms with Gasteiger partial charge in [0.25, 0.3) is 5.91 Å². The fourth-order valence-corrected chi connectivity index (χ4v) is 3.99. The van der Waals surface area contributed by atoms with Gasteiger partial charge in [0.15, 0.2) is 0 Å². The van der Waals surface area contributed by atoms with Crippen LogP contribution in [-0.4, -0.2) is 42.0 Å². The van der Waals surface area contributed by atoms with E-state index in [2.05, 4.69) is 31.0 Å². The van der Waals surface area contributed by atoms with Crippen molar-refractivity contribution in [3.8, 4) is 10.6 Å². The van der Waals surface area contributed by atoms with E-state index in [1.165, 1.54) is 24.0 Å². The Morgan fingerprint density at radius 2 is 1.96 bits per heavy atom. The molecule has 140 valence electrons. The Bertz CT molecular complexity index is 813. The number of esters is 1. The quantitative estimate of drug-likeness (QED) is 0.717. The smallest absolute Gasteiger partial charge is 0.310 e. The minimum atomic E-state index is -0.365. The first-order valence-corrected chi connectivity index (χ1v) is 9.52. The minimum Gasteiger partial charge on any atom is -0.469 e. The number of benzene rings is 1. The van der Waals surface area contributed by atoms with Crippen LogP contribution < -0.4 is 0 Å². The summed E-state index contributed by atoms with van der Waals surface area (Å²) in [6.45, 7) is 10.5. The minimum absolute atomic E-state index is 0.0886. The number of rotatable bonds is 6. The Hall–Kier alpha value is -2.21. The van der Waals surface area contributed by atoms with Crippen molar-refractivity contribution in [3.63, 3.8) is 0 Å². The van der Waals surface area contributed by atoms with E-state index in [9.17, 15) is 9.59 Å². The molecule has 2 rings (SSSR count). The monoisotopic (exact) mass is 374 g/mol. The molecule has 0 saturated heterocycles. The van der Waals surface area contributed by atoms with Gasteiger partial charge in [0, 0.05) is 18.7 Å². The molecule has 0 fully saturated rings. The van der Waals surface area contributed by atoms with Gasteiger partial charge >= 0.3 is 5.97 Å². The Morgan fingerprint density at radius 3 is 2.54 bits per heavy atom. The van der Waals surface area contributed by atoms with Crippen LogP contribution in [0.5, 0.6) is 0 Å². The largest absolute Gasteiger partial charge is 0.469 e. The fraction of sp³-hybridized carbons (Fsp3) is 0.450. The molecule has 0 aliphatic rings. The molecule has 1 atom stereocenters. The molecule has 1 aromatic carbocycles. The molecule has 0 radical (unpaired) electrons. The summed E-state index contributed by atoms with van der Waals surface area (Å²) in [6, 6.07) is 6.22. The molecule has 0 saturated carbocycles.